The molecule has 0 atom stereocenters. The lowest BCUT2D eigenvalue weighted by molar-refractivity contribution is 0.0697. The van der Waals surface area contributed by atoms with Crippen molar-refractivity contribution in [3.63, 3.8) is 0 Å². The standard InChI is InChI=1S/C21H22N4O2/c1-5-25-16-9-7-6-8-13(16)11-18(25)20-22-15-10-14(21(26)27)12-17(23(2)3)19(15)24(20)4/h6-12H,5H2,1-4H3,(H,26,27). The molecule has 0 aliphatic carbocycles. The Morgan fingerprint density at radius 1 is 1.19 bits per heavy atom. The first-order valence-corrected chi connectivity index (χ1v) is 8.92. The Hall–Kier alpha value is -3.28. The van der Waals surface area contributed by atoms with Crippen LogP contribution in [0.2, 0.25) is 0 Å². The van der Waals surface area contributed by atoms with Crippen LogP contribution in [0.15, 0.2) is 42.5 Å². The summed E-state index contributed by atoms with van der Waals surface area (Å²) < 4.78 is 4.29. The monoisotopic (exact) mass is 362 g/mol. The number of rotatable bonds is 4. The van der Waals surface area contributed by atoms with Crippen molar-refractivity contribution in [2.45, 2.75) is 13.5 Å². The molecule has 0 saturated heterocycles. The third kappa shape index (κ3) is 2.56. The molecule has 0 unspecified atom stereocenters. The lowest BCUT2D eigenvalue weighted by atomic mass is 10.1. The number of hydrogen-bond acceptors (Lipinski definition) is 3. The zero-order valence-electron chi connectivity index (χ0n) is 15.9. The molecule has 1 N–H and O–H groups in total. The highest BCUT2D eigenvalue weighted by Crippen LogP contribution is 2.34. The van der Waals surface area contributed by atoms with Crippen molar-refractivity contribution < 1.29 is 9.90 Å². The Bertz CT molecular complexity index is 1180. The van der Waals surface area contributed by atoms with E-state index in [4.69, 9.17) is 4.98 Å². The molecule has 0 radical (unpaired) electrons. The molecule has 0 spiro atoms. The average molecular weight is 362 g/mol. The van der Waals surface area contributed by atoms with Crippen LogP contribution in [0.1, 0.15) is 17.3 Å². The number of carboxylic acids is 1. The molecule has 0 amide bonds. The molecule has 0 aliphatic heterocycles. The second kappa shape index (κ2) is 6.16. The number of aryl methyl sites for hydroxylation is 2. The average Bonchev–Trinajstić information content (AvgIpc) is 3.18. The van der Waals surface area contributed by atoms with Gasteiger partial charge in [-0.1, -0.05) is 18.2 Å². The quantitative estimate of drug-likeness (QED) is 0.596. The molecular formula is C21H22N4O2. The molecule has 138 valence electrons. The molecular weight excluding hydrogens is 340 g/mol. The van der Waals surface area contributed by atoms with Gasteiger partial charge in [0.25, 0.3) is 0 Å². The number of para-hydroxylation sites is 1. The Kier molecular flexibility index (Phi) is 3.91. The number of fused-ring (bicyclic) bond motifs is 2. The van der Waals surface area contributed by atoms with Crippen LogP contribution in [0.4, 0.5) is 5.69 Å². The highest BCUT2D eigenvalue weighted by Gasteiger charge is 2.20. The Labute approximate surface area is 157 Å². The van der Waals surface area contributed by atoms with Crippen molar-refractivity contribution in [3.8, 4) is 11.5 Å². The zero-order valence-corrected chi connectivity index (χ0v) is 15.9. The number of nitrogens with zero attached hydrogens (tertiary/aromatic N) is 4. The molecule has 6 nitrogen and oxygen atoms in total. The van der Waals surface area contributed by atoms with Gasteiger partial charge in [-0.3, -0.25) is 0 Å². The normalized spacial score (nSPS) is 11.4. The highest BCUT2D eigenvalue weighted by atomic mass is 16.4. The van der Waals surface area contributed by atoms with Gasteiger partial charge in [0.05, 0.1) is 28.0 Å². The van der Waals surface area contributed by atoms with E-state index < -0.39 is 5.97 Å². The van der Waals surface area contributed by atoms with Crippen LogP contribution in [0.5, 0.6) is 0 Å². The Morgan fingerprint density at radius 2 is 1.93 bits per heavy atom. The largest absolute Gasteiger partial charge is 0.478 e. The van der Waals surface area contributed by atoms with Crippen LogP contribution in [0.25, 0.3) is 33.5 Å². The molecule has 2 aromatic heterocycles. The van der Waals surface area contributed by atoms with Gasteiger partial charge in [-0.05, 0) is 31.2 Å². The zero-order chi connectivity index (χ0) is 19.3. The second-order valence-electron chi connectivity index (χ2n) is 6.89. The fourth-order valence-electron chi connectivity index (χ4n) is 3.76. The van der Waals surface area contributed by atoms with Crippen LogP contribution in [0.3, 0.4) is 0 Å². The summed E-state index contributed by atoms with van der Waals surface area (Å²) in [7, 11) is 5.81. The molecule has 27 heavy (non-hydrogen) atoms. The summed E-state index contributed by atoms with van der Waals surface area (Å²) in [5.41, 5.74) is 4.88. The minimum Gasteiger partial charge on any atom is -0.478 e. The van der Waals surface area contributed by atoms with Crippen molar-refractivity contribution in [1.29, 1.82) is 0 Å². The highest BCUT2D eigenvalue weighted by molar-refractivity contribution is 6.00. The molecule has 6 heteroatoms. The molecule has 2 heterocycles. The van der Waals surface area contributed by atoms with Crippen LogP contribution in [0, 0.1) is 0 Å². The summed E-state index contributed by atoms with van der Waals surface area (Å²) in [6.45, 7) is 2.94. The van der Waals surface area contributed by atoms with Gasteiger partial charge in [0, 0.05) is 38.6 Å². The Balaban J connectivity index is 2.06. The first kappa shape index (κ1) is 17.1. The van der Waals surface area contributed by atoms with Crippen LogP contribution in [-0.4, -0.2) is 39.3 Å². The van der Waals surface area contributed by atoms with E-state index in [0.717, 1.165) is 29.3 Å². The van der Waals surface area contributed by atoms with Crippen LogP contribution < -0.4 is 4.90 Å². The number of imidazole rings is 1. The van der Waals surface area contributed by atoms with Crippen LogP contribution >= 0.6 is 0 Å². The number of benzene rings is 2. The van der Waals surface area contributed by atoms with E-state index in [1.54, 1.807) is 12.1 Å². The topological polar surface area (TPSA) is 63.3 Å². The summed E-state index contributed by atoms with van der Waals surface area (Å²) in [4.78, 5) is 18.3. The van der Waals surface area contributed by atoms with Crippen molar-refractivity contribution >= 4 is 33.6 Å². The predicted octanol–water partition coefficient (Wildman–Crippen LogP) is 3.98. The molecule has 4 rings (SSSR count). The van der Waals surface area contributed by atoms with Gasteiger partial charge in [0.2, 0.25) is 0 Å². The van der Waals surface area contributed by atoms with Crippen molar-refractivity contribution in [2.75, 3.05) is 19.0 Å². The molecule has 0 aliphatic rings. The first-order chi connectivity index (χ1) is 12.9. The fourth-order valence-corrected chi connectivity index (χ4v) is 3.76. The lowest BCUT2D eigenvalue weighted by Gasteiger charge is -2.16. The number of carboxylic acid groups (broad SMARTS) is 1. The van der Waals surface area contributed by atoms with Gasteiger partial charge >= 0.3 is 5.97 Å². The van der Waals surface area contributed by atoms with Gasteiger partial charge in [-0.15, -0.1) is 0 Å². The third-order valence-electron chi connectivity index (χ3n) is 5.03. The number of aromatic nitrogens is 3. The van der Waals surface area contributed by atoms with E-state index in [9.17, 15) is 9.90 Å². The Morgan fingerprint density at radius 3 is 2.59 bits per heavy atom. The van der Waals surface area contributed by atoms with Gasteiger partial charge in [-0.25, -0.2) is 9.78 Å². The summed E-state index contributed by atoms with van der Waals surface area (Å²) in [5.74, 6) is -0.122. The number of anilines is 1. The molecule has 0 bridgehead atoms. The predicted molar refractivity (Wildman–Crippen MR) is 109 cm³/mol. The summed E-state index contributed by atoms with van der Waals surface area (Å²) in [6, 6.07) is 13.8. The van der Waals surface area contributed by atoms with E-state index in [2.05, 4.69) is 34.3 Å². The maximum Gasteiger partial charge on any atom is 0.335 e. The van der Waals surface area contributed by atoms with Gasteiger partial charge in [0.15, 0.2) is 5.82 Å². The van der Waals surface area contributed by atoms with Gasteiger partial charge < -0.3 is 19.1 Å². The maximum absolute atomic E-state index is 11.5. The van der Waals surface area contributed by atoms with E-state index in [-0.39, 0.29) is 5.56 Å². The SMILES string of the molecule is CCn1c(-c2nc3cc(C(=O)O)cc(N(C)C)c3n2C)cc2ccccc21. The van der Waals surface area contributed by atoms with Crippen molar-refractivity contribution in [3.05, 3.63) is 48.0 Å². The van der Waals surface area contributed by atoms with Crippen molar-refractivity contribution in [2.24, 2.45) is 7.05 Å². The molecule has 2 aromatic carbocycles. The third-order valence-corrected chi connectivity index (χ3v) is 5.03. The maximum atomic E-state index is 11.5. The number of hydrogen-bond donors (Lipinski definition) is 1. The minimum atomic E-state index is -0.949. The molecule has 4 aromatic rings. The molecule has 0 saturated carbocycles. The van der Waals surface area contributed by atoms with Crippen molar-refractivity contribution in [1.82, 2.24) is 14.1 Å². The van der Waals surface area contributed by atoms with Crippen LogP contribution in [-0.2, 0) is 13.6 Å². The van der Waals surface area contributed by atoms with Gasteiger partial charge in [-0.2, -0.15) is 0 Å². The van der Waals surface area contributed by atoms with E-state index in [1.807, 2.05) is 38.2 Å². The summed E-state index contributed by atoms with van der Waals surface area (Å²) in [5, 5.41) is 10.6. The van der Waals surface area contributed by atoms with E-state index >= 15 is 0 Å². The first-order valence-electron chi connectivity index (χ1n) is 8.92. The smallest absolute Gasteiger partial charge is 0.335 e. The molecule has 0 fully saturated rings. The summed E-state index contributed by atoms with van der Waals surface area (Å²) >= 11 is 0. The van der Waals surface area contributed by atoms with E-state index in [0.29, 0.717) is 5.52 Å². The second-order valence-corrected chi connectivity index (χ2v) is 6.89. The fraction of sp³-hybridized carbons (Fsp3) is 0.238. The van der Waals surface area contributed by atoms with E-state index in [1.165, 1.54) is 10.9 Å². The number of carbonyl (C=O) groups is 1. The number of aromatic carboxylic acids is 1. The van der Waals surface area contributed by atoms with Gasteiger partial charge in [0.1, 0.15) is 0 Å². The lowest BCUT2D eigenvalue weighted by Crippen LogP contribution is -2.12. The minimum absolute atomic E-state index is 0.242. The summed E-state index contributed by atoms with van der Waals surface area (Å²) in [6.07, 6.45) is 0.